The van der Waals surface area contributed by atoms with Gasteiger partial charge in [-0.25, -0.2) is 4.98 Å². The average molecular weight is 262 g/mol. The van der Waals surface area contributed by atoms with Crippen molar-refractivity contribution in [3.05, 3.63) is 29.8 Å². The second-order valence-corrected chi connectivity index (χ2v) is 3.87. The maximum atomic E-state index is 5.89. The largest absolute Gasteiger partial charge is 0.494 e. The summed E-state index contributed by atoms with van der Waals surface area (Å²) in [6, 6.07) is 3.60. The number of ether oxygens (including phenoxy) is 1. The Labute approximate surface area is 107 Å². The van der Waals surface area contributed by atoms with E-state index in [9.17, 15) is 0 Å². The smallest absolute Gasteiger partial charge is 0.225 e. The Morgan fingerprint density at radius 1 is 1.28 bits per heavy atom. The molecular formula is C11H8ClN5O. The first-order chi connectivity index (χ1) is 8.79. The van der Waals surface area contributed by atoms with Gasteiger partial charge in [0, 0.05) is 6.20 Å². The number of pyridine rings is 1. The minimum Gasteiger partial charge on any atom is -0.494 e. The van der Waals surface area contributed by atoms with Gasteiger partial charge in [-0.05, 0) is 23.7 Å². The number of hydrogen-bond acceptors (Lipinski definition) is 5. The lowest BCUT2D eigenvalue weighted by Crippen LogP contribution is -1.95. The Morgan fingerprint density at radius 2 is 2.17 bits per heavy atom. The Bertz CT molecular complexity index is 711. The van der Waals surface area contributed by atoms with Gasteiger partial charge in [0.1, 0.15) is 17.1 Å². The third-order valence-corrected chi connectivity index (χ3v) is 2.67. The highest BCUT2D eigenvalue weighted by atomic mass is 35.5. The molecule has 0 aliphatic rings. The standard InChI is InChI=1S/C11H8ClN5O/c1-18-7-3-2-4-13-9(7)8-6-5-14-17-10(6)16-11(12)15-8/h2-5H,1H3,(H,14,15,16,17). The van der Waals surface area contributed by atoms with Crippen molar-refractivity contribution in [2.45, 2.75) is 0 Å². The highest BCUT2D eigenvalue weighted by molar-refractivity contribution is 6.28. The van der Waals surface area contributed by atoms with E-state index in [1.807, 2.05) is 6.07 Å². The van der Waals surface area contributed by atoms with E-state index >= 15 is 0 Å². The zero-order valence-electron chi connectivity index (χ0n) is 9.38. The lowest BCUT2D eigenvalue weighted by atomic mass is 10.2. The number of nitrogens with zero attached hydrogens (tertiary/aromatic N) is 4. The second-order valence-electron chi connectivity index (χ2n) is 3.53. The van der Waals surface area contributed by atoms with Crippen LogP contribution >= 0.6 is 11.6 Å². The maximum absolute atomic E-state index is 5.89. The van der Waals surface area contributed by atoms with Gasteiger partial charge in [-0.15, -0.1) is 0 Å². The van der Waals surface area contributed by atoms with Crippen LogP contribution in [0.3, 0.4) is 0 Å². The molecule has 0 saturated carbocycles. The fourth-order valence-electron chi connectivity index (χ4n) is 1.72. The third-order valence-electron chi connectivity index (χ3n) is 2.50. The van der Waals surface area contributed by atoms with Crippen molar-refractivity contribution in [3.8, 4) is 17.1 Å². The van der Waals surface area contributed by atoms with Crippen LogP contribution in [-0.2, 0) is 0 Å². The number of aromatic amines is 1. The van der Waals surface area contributed by atoms with Gasteiger partial charge in [-0.2, -0.15) is 10.1 Å². The van der Waals surface area contributed by atoms with Gasteiger partial charge in [0.15, 0.2) is 5.65 Å². The summed E-state index contributed by atoms with van der Waals surface area (Å²) < 4.78 is 5.27. The highest BCUT2D eigenvalue weighted by Crippen LogP contribution is 2.30. The Hall–Kier alpha value is -2.21. The summed E-state index contributed by atoms with van der Waals surface area (Å²) in [7, 11) is 1.58. The second kappa shape index (κ2) is 4.23. The summed E-state index contributed by atoms with van der Waals surface area (Å²) in [5.41, 5.74) is 1.77. The molecule has 3 aromatic heterocycles. The van der Waals surface area contributed by atoms with Crippen molar-refractivity contribution in [1.82, 2.24) is 25.1 Å². The van der Waals surface area contributed by atoms with Crippen LogP contribution in [0, 0.1) is 0 Å². The van der Waals surface area contributed by atoms with Crippen LogP contribution in [0.1, 0.15) is 0 Å². The first-order valence-electron chi connectivity index (χ1n) is 5.15. The summed E-state index contributed by atoms with van der Waals surface area (Å²) in [6.45, 7) is 0. The van der Waals surface area contributed by atoms with Gasteiger partial charge in [0.05, 0.1) is 18.7 Å². The molecule has 0 fully saturated rings. The fourth-order valence-corrected chi connectivity index (χ4v) is 1.89. The molecule has 0 amide bonds. The van der Waals surface area contributed by atoms with Crippen LogP contribution in [-0.4, -0.2) is 32.3 Å². The highest BCUT2D eigenvalue weighted by Gasteiger charge is 2.15. The number of nitrogens with one attached hydrogen (secondary N) is 1. The lowest BCUT2D eigenvalue weighted by Gasteiger charge is -2.07. The number of H-pyrrole nitrogens is 1. The Kier molecular flexibility index (Phi) is 2.56. The molecule has 90 valence electrons. The summed E-state index contributed by atoms with van der Waals surface area (Å²) in [4.78, 5) is 12.5. The van der Waals surface area contributed by atoms with Crippen molar-refractivity contribution in [2.24, 2.45) is 0 Å². The number of halogens is 1. The zero-order valence-corrected chi connectivity index (χ0v) is 10.1. The van der Waals surface area contributed by atoms with Gasteiger partial charge in [0.2, 0.25) is 5.28 Å². The first kappa shape index (κ1) is 10.9. The fraction of sp³-hybridized carbons (Fsp3) is 0.0909. The minimum atomic E-state index is 0.134. The van der Waals surface area contributed by atoms with Crippen LogP contribution in [0.25, 0.3) is 22.4 Å². The molecule has 6 nitrogen and oxygen atoms in total. The maximum Gasteiger partial charge on any atom is 0.225 e. The van der Waals surface area contributed by atoms with E-state index in [0.717, 1.165) is 5.39 Å². The van der Waals surface area contributed by atoms with Crippen molar-refractivity contribution >= 4 is 22.6 Å². The van der Waals surface area contributed by atoms with E-state index < -0.39 is 0 Å². The molecule has 3 heterocycles. The lowest BCUT2D eigenvalue weighted by molar-refractivity contribution is 0.414. The van der Waals surface area contributed by atoms with Crippen LogP contribution in [0.2, 0.25) is 5.28 Å². The predicted molar refractivity (Wildman–Crippen MR) is 66.5 cm³/mol. The van der Waals surface area contributed by atoms with E-state index in [4.69, 9.17) is 16.3 Å². The Balaban J connectivity index is 2.34. The summed E-state index contributed by atoms with van der Waals surface area (Å²) in [5, 5.41) is 7.56. The van der Waals surface area contributed by atoms with Crippen molar-refractivity contribution in [3.63, 3.8) is 0 Å². The molecule has 1 N–H and O–H groups in total. The monoisotopic (exact) mass is 261 g/mol. The van der Waals surface area contributed by atoms with E-state index in [0.29, 0.717) is 22.8 Å². The molecule has 3 rings (SSSR count). The van der Waals surface area contributed by atoms with Gasteiger partial charge in [0.25, 0.3) is 0 Å². The quantitative estimate of drug-likeness (QED) is 0.715. The molecule has 0 bridgehead atoms. The van der Waals surface area contributed by atoms with Gasteiger partial charge >= 0.3 is 0 Å². The first-order valence-corrected chi connectivity index (χ1v) is 5.53. The number of hydrogen-bond donors (Lipinski definition) is 1. The van der Waals surface area contributed by atoms with Crippen LogP contribution in [0.5, 0.6) is 5.75 Å². The SMILES string of the molecule is COc1cccnc1-c1nc(Cl)nc2[nH]ncc12. The van der Waals surface area contributed by atoms with E-state index in [2.05, 4.69) is 25.1 Å². The molecule has 0 aliphatic heterocycles. The van der Waals surface area contributed by atoms with Gasteiger partial charge in [-0.1, -0.05) is 0 Å². The van der Waals surface area contributed by atoms with Crippen molar-refractivity contribution < 1.29 is 4.74 Å². The van der Waals surface area contributed by atoms with Gasteiger partial charge in [-0.3, -0.25) is 10.1 Å². The molecule has 0 radical (unpaired) electrons. The number of rotatable bonds is 2. The molecule has 7 heteroatoms. The molecule has 3 aromatic rings. The van der Waals surface area contributed by atoms with Crippen LogP contribution < -0.4 is 4.74 Å². The minimum absolute atomic E-state index is 0.134. The molecular weight excluding hydrogens is 254 g/mol. The average Bonchev–Trinajstić information content (AvgIpc) is 2.85. The molecule has 0 spiro atoms. The molecule has 18 heavy (non-hydrogen) atoms. The van der Waals surface area contributed by atoms with Crippen molar-refractivity contribution in [1.29, 1.82) is 0 Å². The van der Waals surface area contributed by atoms with E-state index in [1.54, 1.807) is 25.6 Å². The third kappa shape index (κ3) is 1.67. The molecule has 0 aromatic carbocycles. The van der Waals surface area contributed by atoms with Crippen molar-refractivity contribution in [2.75, 3.05) is 7.11 Å². The summed E-state index contributed by atoms with van der Waals surface area (Å²) in [5.74, 6) is 0.620. The van der Waals surface area contributed by atoms with Crippen LogP contribution in [0.15, 0.2) is 24.5 Å². The summed E-state index contributed by atoms with van der Waals surface area (Å²) >= 11 is 5.89. The molecule has 0 atom stereocenters. The topological polar surface area (TPSA) is 76.6 Å². The van der Waals surface area contributed by atoms with E-state index in [1.165, 1.54) is 0 Å². The molecule has 0 aliphatic carbocycles. The predicted octanol–water partition coefficient (Wildman–Crippen LogP) is 2.08. The molecule has 0 saturated heterocycles. The van der Waals surface area contributed by atoms with Crippen LogP contribution in [0.4, 0.5) is 0 Å². The summed E-state index contributed by atoms with van der Waals surface area (Å²) in [6.07, 6.45) is 3.30. The zero-order chi connectivity index (χ0) is 12.5. The number of methoxy groups -OCH3 is 1. The normalized spacial score (nSPS) is 10.8. The van der Waals surface area contributed by atoms with E-state index in [-0.39, 0.29) is 5.28 Å². The number of fused-ring (bicyclic) bond motifs is 1. The number of aromatic nitrogens is 5. The Morgan fingerprint density at radius 3 is 3.00 bits per heavy atom. The molecule has 0 unspecified atom stereocenters. The van der Waals surface area contributed by atoms with Gasteiger partial charge < -0.3 is 4.74 Å².